The average molecular weight is 513 g/mol. The number of piperidine rings is 1. The average Bonchev–Trinajstić information content (AvgIpc) is 2.85. The van der Waals surface area contributed by atoms with Gasteiger partial charge in [-0.1, -0.05) is 12.1 Å². The van der Waals surface area contributed by atoms with Crippen LogP contribution in [0.1, 0.15) is 12.8 Å². The minimum absolute atomic E-state index is 0.0107. The Bertz CT molecular complexity index is 1180. The fourth-order valence-corrected chi connectivity index (χ4v) is 3.82. The lowest BCUT2D eigenvalue weighted by Crippen LogP contribution is -2.39. The van der Waals surface area contributed by atoms with Crippen LogP contribution >= 0.6 is 0 Å². The van der Waals surface area contributed by atoms with Crippen molar-refractivity contribution in [2.24, 2.45) is 5.92 Å². The minimum atomic E-state index is -4.26. The molecule has 1 saturated heterocycles. The Morgan fingerprint density at radius 1 is 1.03 bits per heavy atom. The van der Waals surface area contributed by atoms with E-state index in [1.165, 1.54) is 25.4 Å². The molecule has 0 spiro atoms. The van der Waals surface area contributed by atoms with Gasteiger partial charge < -0.3 is 19.7 Å². The Morgan fingerprint density at radius 2 is 1.72 bits per heavy atom. The summed E-state index contributed by atoms with van der Waals surface area (Å²) in [6.45, 7) is -2.78. The molecule has 3 aromatic rings. The molecule has 13 heteroatoms. The van der Waals surface area contributed by atoms with Gasteiger partial charge in [0.25, 0.3) is 0 Å². The van der Waals surface area contributed by atoms with Gasteiger partial charge in [0.2, 0.25) is 11.8 Å². The number of nitrogens with zero attached hydrogens (tertiary/aromatic N) is 4. The monoisotopic (exact) mass is 513 g/mol. The summed E-state index contributed by atoms with van der Waals surface area (Å²) < 4.78 is 87.8. The number of halogens is 6. The predicted molar refractivity (Wildman–Crippen MR) is 119 cm³/mol. The van der Waals surface area contributed by atoms with Crippen molar-refractivity contribution in [2.45, 2.75) is 25.6 Å². The van der Waals surface area contributed by atoms with Crippen LogP contribution in [-0.4, -0.2) is 47.9 Å². The second-order valence-corrected chi connectivity index (χ2v) is 7.98. The molecule has 1 fully saturated rings. The molecule has 7 nitrogen and oxygen atoms in total. The number of pyridine rings is 1. The first kappa shape index (κ1) is 25.3. The van der Waals surface area contributed by atoms with E-state index in [-0.39, 0.29) is 55.0 Å². The van der Waals surface area contributed by atoms with E-state index in [9.17, 15) is 26.3 Å². The molecule has 0 saturated carbocycles. The number of methoxy groups -OCH3 is 1. The first-order valence-electron chi connectivity index (χ1n) is 10.8. The van der Waals surface area contributed by atoms with Gasteiger partial charge >= 0.3 is 12.8 Å². The van der Waals surface area contributed by atoms with Gasteiger partial charge in [0.15, 0.2) is 11.6 Å². The minimum Gasteiger partial charge on any atom is -0.480 e. The lowest BCUT2D eigenvalue weighted by Gasteiger charge is -2.33. The molecule has 1 N–H and O–H groups in total. The lowest BCUT2D eigenvalue weighted by molar-refractivity contribution is -0.179. The van der Waals surface area contributed by atoms with Crippen LogP contribution in [0.5, 0.6) is 11.6 Å². The van der Waals surface area contributed by atoms with Gasteiger partial charge in [-0.15, -0.1) is 0 Å². The summed E-state index contributed by atoms with van der Waals surface area (Å²) in [6, 6.07) is 7.46. The maximum Gasteiger partial charge on any atom is 0.391 e. The summed E-state index contributed by atoms with van der Waals surface area (Å²) in [5.74, 6) is -2.18. The van der Waals surface area contributed by atoms with Gasteiger partial charge in [-0.3, -0.25) is 0 Å². The van der Waals surface area contributed by atoms with Crippen LogP contribution in [0.25, 0.3) is 11.1 Å². The van der Waals surface area contributed by atoms with Crippen LogP contribution in [0.15, 0.2) is 42.7 Å². The molecular weight excluding hydrogens is 492 g/mol. The van der Waals surface area contributed by atoms with E-state index in [0.29, 0.717) is 11.1 Å². The van der Waals surface area contributed by atoms with Gasteiger partial charge in [-0.05, 0) is 36.6 Å². The van der Waals surface area contributed by atoms with Crippen molar-refractivity contribution in [3.63, 3.8) is 0 Å². The van der Waals surface area contributed by atoms with Crippen molar-refractivity contribution >= 4 is 17.5 Å². The van der Waals surface area contributed by atoms with E-state index < -0.39 is 24.5 Å². The number of aromatic nitrogens is 3. The molecule has 0 bridgehead atoms. The normalized spacial score (nSPS) is 14.7. The molecule has 1 aliphatic heterocycles. The summed E-state index contributed by atoms with van der Waals surface area (Å²) in [5, 5.41) is 2.81. The van der Waals surface area contributed by atoms with Crippen LogP contribution in [-0.2, 0) is 0 Å². The molecule has 0 amide bonds. The maximum atomic E-state index is 14.6. The number of alkyl halides is 5. The lowest BCUT2D eigenvalue weighted by atomic mass is 9.96. The number of hydrogen-bond donors (Lipinski definition) is 1. The van der Waals surface area contributed by atoms with Crippen molar-refractivity contribution in [1.29, 1.82) is 0 Å². The summed E-state index contributed by atoms with van der Waals surface area (Å²) in [4.78, 5) is 13.9. The van der Waals surface area contributed by atoms with E-state index in [0.717, 1.165) is 6.20 Å². The van der Waals surface area contributed by atoms with Crippen molar-refractivity contribution in [3.8, 4) is 22.8 Å². The third kappa shape index (κ3) is 5.89. The molecule has 192 valence electrons. The third-order valence-corrected chi connectivity index (χ3v) is 5.68. The standard InChI is InChI=1S/C23H21F6N5O2/c1-35-20-18(10-14(11-30-20)13-2-4-16(5-3-13)36-21(25)26)32-19-17(24)12-31-22(33-19)34-8-6-15(7-9-34)23(27,28)29/h2-5,10-12,15,21H,6-9H2,1H3,(H,31,32,33). The van der Waals surface area contributed by atoms with Crippen LogP contribution in [0.2, 0.25) is 0 Å². The van der Waals surface area contributed by atoms with Crippen molar-refractivity contribution in [1.82, 2.24) is 15.0 Å². The molecule has 1 aliphatic rings. The highest BCUT2D eigenvalue weighted by Gasteiger charge is 2.41. The Morgan fingerprint density at radius 3 is 2.33 bits per heavy atom. The molecular formula is C23H21F6N5O2. The van der Waals surface area contributed by atoms with Gasteiger partial charge in [0.05, 0.1) is 19.2 Å². The zero-order valence-electron chi connectivity index (χ0n) is 18.9. The highest BCUT2D eigenvalue weighted by Crippen LogP contribution is 2.36. The summed E-state index contributed by atoms with van der Waals surface area (Å²) in [6.07, 6.45) is -2.04. The fraction of sp³-hybridized carbons (Fsp3) is 0.348. The zero-order chi connectivity index (χ0) is 25.9. The zero-order valence-corrected chi connectivity index (χ0v) is 18.9. The fourth-order valence-electron chi connectivity index (χ4n) is 3.82. The highest BCUT2D eigenvalue weighted by atomic mass is 19.4. The van der Waals surface area contributed by atoms with Gasteiger partial charge in [0, 0.05) is 24.8 Å². The molecule has 3 heterocycles. The summed E-state index contributed by atoms with van der Waals surface area (Å²) in [5.41, 5.74) is 1.43. The first-order valence-corrected chi connectivity index (χ1v) is 10.8. The number of benzene rings is 1. The van der Waals surface area contributed by atoms with E-state index in [2.05, 4.69) is 25.0 Å². The molecule has 0 radical (unpaired) electrons. The van der Waals surface area contributed by atoms with Crippen LogP contribution < -0.4 is 19.7 Å². The number of ether oxygens (including phenoxy) is 2. The predicted octanol–water partition coefficient (Wildman–Crippen LogP) is 5.81. The van der Waals surface area contributed by atoms with Crippen LogP contribution in [0.3, 0.4) is 0 Å². The Hall–Kier alpha value is -3.77. The largest absolute Gasteiger partial charge is 0.480 e. The topological polar surface area (TPSA) is 72.4 Å². The molecule has 0 unspecified atom stereocenters. The quantitative estimate of drug-likeness (QED) is 0.400. The molecule has 0 aliphatic carbocycles. The van der Waals surface area contributed by atoms with Crippen molar-refractivity contribution < 1.29 is 35.8 Å². The van der Waals surface area contributed by atoms with Gasteiger partial charge in [-0.2, -0.15) is 26.9 Å². The maximum absolute atomic E-state index is 14.6. The number of anilines is 3. The SMILES string of the molecule is COc1ncc(-c2ccc(OC(F)F)cc2)cc1Nc1nc(N2CCC(C(F)(F)F)CC2)ncc1F. The van der Waals surface area contributed by atoms with E-state index >= 15 is 0 Å². The van der Waals surface area contributed by atoms with Crippen LogP contribution in [0.4, 0.5) is 43.8 Å². The smallest absolute Gasteiger partial charge is 0.391 e. The Kier molecular flexibility index (Phi) is 7.36. The molecule has 1 aromatic carbocycles. The molecule has 0 atom stereocenters. The Balaban J connectivity index is 1.55. The number of rotatable bonds is 7. The van der Waals surface area contributed by atoms with Crippen molar-refractivity contribution in [3.05, 3.63) is 48.5 Å². The van der Waals surface area contributed by atoms with E-state index in [4.69, 9.17) is 4.74 Å². The van der Waals surface area contributed by atoms with Crippen LogP contribution in [0, 0.1) is 11.7 Å². The second-order valence-electron chi connectivity index (χ2n) is 7.98. The van der Waals surface area contributed by atoms with Gasteiger partial charge in [0.1, 0.15) is 11.4 Å². The number of nitrogens with one attached hydrogen (secondary N) is 1. The highest BCUT2D eigenvalue weighted by molar-refractivity contribution is 5.72. The summed E-state index contributed by atoms with van der Waals surface area (Å²) >= 11 is 0. The number of hydrogen-bond acceptors (Lipinski definition) is 7. The molecule has 36 heavy (non-hydrogen) atoms. The van der Waals surface area contributed by atoms with Gasteiger partial charge in [-0.25, -0.2) is 14.4 Å². The third-order valence-electron chi connectivity index (χ3n) is 5.68. The second kappa shape index (κ2) is 10.5. The summed E-state index contributed by atoms with van der Waals surface area (Å²) in [7, 11) is 1.37. The first-order chi connectivity index (χ1) is 17.1. The van der Waals surface area contributed by atoms with E-state index in [1.54, 1.807) is 23.1 Å². The molecule has 2 aromatic heterocycles. The molecule has 4 rings (SSSR count). The Labute approximate surface area is 202 Å². The van der Waals surface area contributed by atoms with Crippen molar-refractivity contribution in [2.75, 3.05) is 30.4 Å². The van der Waals surface area contributed by atoms with E-state index in [1.807, 2.05) is 0 Å².